The SMILES string of the molecule is CCc1nn(C)cc1CNC(=O)c1cc(N)cc(N)c1. The lowest BCUT2D eigenvalue weighted by Crippen LogP contribution is -2.23. The van der Waals surface area contributed by atoms with Gasteiger partial charge in [0.25, 0.3) is 5.91 Å². The molecule has 1 amide bonds. The standard InChI is InChI=1S/C14H19N5O/c1-3-13-10(8-19(2)18-13)7-17-14(20)9-4-11(15)6-12(16)5-9/h4-6,8H,3,7,15-16H2,1-2H3,(H,17,20). The van der Waals surface area contributed by atoms with Crippen LogP contribution in [0.3, 0.4) is 0 Å². The summed E-state index contributed by atoms with van der Waals surface area (Å²) in [6, 6.07) is 4.83. The molecule has 2 aromatic rings. The van der Waals surface area contributed by atoms with E-state index >= 15 is 0 Å². The number of aromatic nitrogens is 2. The van der Waals surface area contributed by atoms with Crippen LogP contribution in [0, 0.1) is 0 Å². The lowest BCUT2D eigenvalue weighted by molar-refractivity contribution is 0.0951. The number of nitrogens with zero attached hydrogens (tertiary/aromatic N) is 2. The highest BCUT2D eigenvalue weighted by atomic mass is 16.1. The second-order valence-electron chi connectivity index (χ2n) is 4.70. The van der Waals surface area contributed by atoms with E-state index in [0.717, 1.165) is 17.7 Å². The maximum Gasteiger partial charge on any atom is 0.251 e. The first-order chi connectivity index (χ1) is 9.49. The third-order valence-electron chi connectivity index (χ3n) is 3.01. The minimum Gasteiger partial charge on any atom is -0.399 e. The molecule has 0 aliphatic heterocycles. The van der Waals surface area contributed by atoms with Crippen LogP contribution in [0.5, 0.6) is 0 Å². The molecule has 6 nitrogen and oxygen atoms in total. The first-order valence-corrected chi connectivity index (χ1v) is 6.45. The van der Waals surface area contributed by atoms with Crippen LogP contribution in [-0.4, -0.2) is 15.7 Å². The number of carbonyl (C=O) groups excluding carboxylic acids is 1. The molecule has 0 unspecified atom stereocenters. The Morgan fingerprint density at radius 2 is 1.95 bits per heavy atom. The molecule has 106 valence electrons. The number of hydrogen-bond donors (Lipinski definition) is 3. The molecule has 0 fully saturated rings. The number of anilines is 2. The van der Waals surface area contributed by atoms with E-state index in [1.54, 1.807) is 22.9 Å². The van der Waals surface area contributed by atoms with Crippen molar-refractivity contribution in [1.82, 2.24) is 15.1 Å². The molecule has 1 aromatic heterocycles. The Hall–Kier alpha value is -2.50. The van der Waals surface area contributed by atoms with Crippen molar-refractivity contribution >= 4 is 17.3 Å². The molecule has 1 aromatic carbocycles. The number of hydrogen-bond acceptors (Lipinski definition) is 4. The Bertz CT molecular complexity index is 612. The molecular formula is C14H19N5O. The van der Waals surface area contributed by atoms with Gasteiger partial charge in [-0.25, -0.2) is 0 Å². The minimum atomic E-state index is -0.199. The molecule has 0 aliphatic carbocycles. The number of carbonyl (C=O) groups is 1. The molecule has 0 radical (unpaired) electrons. The van der Waals surface area contributed by atoms with E-state index < -0.39 is 0 Å². The quantitative estimate of drug-likeness (QED) is 0.726. The van der Waals surface area contributed by atoms with Crippen LogP contribution < -0.4 is 16.8 Å². The van der Waals surface area contributed by atoms with E-state index in [2.05, 4.69) is 10.4 Å². The summed E-state index contributed by atoms with van der Waals surface area (Å²) in [5.41, 5.74) is 14.8. The van der Waals surface area contributed by atoms with Crippen LogP contribution in [0.15, 0.2) is 24.4 Å². The Kier molecular flexibility index (Phi) is 3.93. The molecule has 6 heteroatoms. The summed E-state index contributed by atoms with van der Waals surface area (Å²) in [7, 11) is 1.86. The molecule has 0 spiro atoms. The van der Waals surface area contributed by atoms with Crippen molar-refractivity contribution in [2.45, 2.75) is 19.9 Å². The van der Waals surface area contributed by atoms with Crippen LogP contribution >= 0.6 is 0 Å². The Labute approximate surface area is 117 Å². The van der Waals surface area contributed by atoms with Gasteiger partial charge in [0, 0.05) is 42.3 Å². The summed E-state index contributed by atoms with van der Waals surface area (Å²) in [5.74, 6) is -0.199. The van der Waals surface area contributed by atoms with Gasteiger partial charge in [0.05, 0.1) is 5.69 Å². The van der Waals surface area contributed by atoms with Gasteiger partial charge >= 0.3 is 0 Å². The van der Waals surface area contributed by atoms with Gasteiger partial charge in [-0.3, -0.25) is 9.48 Å². The predicted molar refractivity (Wildman–Crippen MR) is 79.0 cm³/mol. The molecular weight excluding hydrogens is 254 g/mol. The van der Waals surface area contributed by atoms with Gasteiger partial charge in [0.2, 0.25) is 0 Å². The number of benzene rings is 1. The average molecular weight is 273 g/mol. The Morgan fingerprint density at radius 1 is 1.30 bits per heavy atom. The normalized spacial score (nSPS) is 10.5. The van der Waals surface area contributed by atoms with Gasteiger partial charge in [0.1, 0.15) is 0 Å². The second kappa shape index (κ2) is 5.64. The fourth-order valence-corrected chi connectivity index (χ4v) is 2.11. The largest absolute Gasteiger partial charge is 0.399 e. The third kappa shape index (κ3) is 3.09. The van der Waals surface area contributed by atoms with Crippen LogP contribution in [0.1, 0.15) is 28.5 Å². The fourth-order valence-electron chi connectivity index (χ4n) is 2.11. The van der Waals surface area contributed by atoms with E-state index in [1.165, 1.54) is 0 Å². The third-order valence-corrected chi connectivity index (χ3v) is 3.01. The van der Waals surface area contributed by atoms with Gasteiger partial charge in [-0.15, -0.1) is 0 Å². The van der Waals surface area contributed by atoms with E-state index in [1.807, 2.05) is 20.2 Å². The van der Waals surface area contributed by atoms with Crippen LogP contribution in [-0.2, 0) is 20.0 Å². The summed E-state index contributed by atoms with van der Waals surface area (Å²) in [6.45, 7) is 2.47. The maximum atomic E-state index is 12.1. The number of aryl methyl sites for hydroxylation is 2. The zero-order valence-electron chi connectivity index (χ0n) is 11.7. The van der Waals surface area contributed by atoms with Gasteiger partial charge in [-0.2, -0.15) is 5.10 Å². The van der Waals surface area contributed by atoms with E-state index in [-0.39, 0.29) is 5.91 Å². The molecule has 0 aliphatic rings. The summed E-state index contributed by atoms with van der Waals surface area (Å²) in [6.07, 6.45) is 2.74. The summed E-state index contributed by atoms with van der Waals surface area (Å²) in [4.78, 5) is 12.1. The van der Waals surface area contributed by atoms with E-state index in [0.29, 0.717) is 23.5 Å². The Balaban J connectivity index is 2.08. The van der Waals surface area contributed by atoms with Crippen LogP contribution in [0.4, 0.5) is 11.4 Å². The lowest BCUT2D eigenvalue weighted by Gasteiger charge is -2.06. The van der Waals surface area contributed by atoms with Crippen molar-refractivity contribution in [2.75, 3.05) is 11.5 Å². The molecule has 1 heterocycles. The molecule has 5 N–H and O–H groups in total. The summed E-state index contributed by atoms with van der Waals surface area (Å²) >= 11 is 0. The average Bonchev–Trinajstić information content (AvgIpc) is 2.75. The van der Waals surface area contributed by atoms with Crippen molar-refractivity contribution < 1.29 is 4.79 Å². The second-order valence-corrected chi connectivity index (χ2v) is 4.70. The minimum absolute atomic E-state index is 0.199. The first kappa shape index (κ1) is 13.9. The van der Waals surface area contributed by atoms with Crippen molar-refractivity contribution in [3.63, 3.8) is 0 Å². The highest BCUT2D eigenvalue weighted by Crippen LogP contribution is 2.14. The van der Waals surface area contributed by atoms with Crippen LogP contribution in [0.2, 0.25) is 0 Å². The number of amides is 1. The van der Waals surface area contributed by atoms with Gasteiger partial charge in [-0.05, 0) is 24.6 Å². The summed E-state index contributed by atoms with van der Waals surface area (Å²) in [5, 5.41) is 7.19. The topological polar surface area (TPSA) is 99.0 Å². The van der Waals surface area contributed by atoms with Gasteiger partial charge in [-0.1, -0.05) is 6.92 Å². The highest BCUT2D eigenvalue weighted by Gasteiger charge is 2.10. The summed E-state index contributed by atoms with van der Waals surface area (Å²) < 4.78 is 1.75. The van der Waals surface area contributed by atoms with Crippen molar-refractivity contribution in [3.8, 4) is 0 Å². The van der Waals surface area contributed by atoms with E-state index in [9.17, 15) is 4.79 Å². The zero-order chi connectivity index (χ0) is 14.7. The zero-order valence-corrected chi connectivity index (χ0v) is 11.7. The van der Waals surface area contributed by atoms with Crippen molar-refractivity contribution in [2.24, 2.45) is 7.05 Å². The van der Waals surface area contributed by atoms with E-state index in [4.69, 9.17) is 11.5 Å². The van der Waals surface area contributed by atoms with Crippen molar-refractivity contribution in [3.05, 3.63) is 41.2 Å². The van der Waals surface area contributed by atoms with Gasteiger partial charge in [0.15, 0.2) is 0 Å². The fraction of sp³-hybridized carbons (Fsp3) is 0.286. The number of nitrogens with one attached hydrogen (secondary N) is 1. The first-order valence-electron chi connectivity index (χ1n) is 6.45. The monoisotopic (exact) mass is 273 g/mol. The molecule has 20 heavy (non-hydrogen) atoms. The molecule has 2 rings (SSSR count). The van der Waals surface area contributed by atoms with Crippen molar-refractivity contribution in [1.29, 1.82) is 0 Å². The number of nitrogens with two attached hydrogens (primary N) is 2. The molecule has 0 saturated carbocycles. The molecule has 0 bridgehead atoms. The smallest absolute Gasteiger partial charge is 0.251 e. The molecule has 0 saturated heterocycles. The number of nitrogen functional groups attached to an aromatic ring is 2. The van der Waals surface area contributed by atoms with Crippen LogP contribution in [0.25, 0.3) is 0 Å². The van der Waals surface area contributed by atoms with Gasteiger partial charge < -0.3 is 16.8 Å². The Morgan fingerprint density at radius 3 is 2.55 bits per heavy atom. The predicted octanol–water partition coefficient (Wildman–Crippen LogP) is 1.08. The lowest BCUT2D eigenvalue weighted by atomic mass is 10.1. The highest BCUT2D eigenvalue weighted by molar-refractivity contribution is 5.96. The molecule has 0 atom stereocenters. The maximum absolute atomic E-state index is 12.1. The number of rotatable bonds is 4.